The summed E-state index contributed by atoms with van der Waals surface area (Å²) in [6.45, 7) is 0. The molecular formula is C19H15BrClNO2. The second-order valence-corrected chi connectivity index (χ2v) is 6.90. The van der Waals surface area contributed by atoms with E-state index in [2.05, 4.69) is 15.9 Å². The Kier molecular flexibility index (Phi) is 4.78. The average Bonchev–Trinajstić information content (AvgIpc) is 2.88. The number of rotatable bonds is 3. The van der Waals surface area contributed by atoms with Gasteiger partial charge in [0.2, 0.25) is 0 Å². The Hall–Kier alpha value is -2.04. The average molecular weight is 405 g/mol. The molecular weight excluding hydrogens is 390 g/mol. The molecule has 0 radical (unpaired) electrons. The van der Waals surface area contributed by atoms with Crippen LogP contribution in [0.3, 0.4) is 0 Å². The zero-order valence-electron chi connectivity index (χ0n) is 13.2. The fourth-order valence-corrected chi connectivity index (χ4v) is 3.28. The second-order valence-electron chi connectivity index (χ2n) is 5.61. The molecule has 0 unspecified atom stereocenters. The van der Waals surface area contributed by atoms with Crippen LogP contribution in [-0.2, 0) is 9.53 Å². The van der Waals surface area contributed by atoms with Crippen LogP contribution in [0.15, 0.2) is 58.6 Å². The fraction of sp³-hybridized carbons (Fsp3) is 0.105. The maximum absolute atomic E-state index is 12.1. The van der Waals surface area contributed by atoms with E-state index in [1.165, 1.54) is 0 Å². The number of hydrogen-bond donors (Lipinski definition) is 0. The van der Waals surface area contributed by atoms with E-state index in [1.807, 2.05) is 55.4 Å². The highest BCUT2D eigenvalue weighted by Gasteiger charge is 2.22. The third kappa shape index (κ3) is 3.55. The van der Waals surface area contributed by atoms with Gasteiger partial charge >= 0.3 is 5.97 Å². The van der Waals surface area contributed by atoms with E-state index in [9.17, 15) is 4.79 Å². The number of carbonyl (C=O) groups excluding carboxylic acids is 1. The first-order valence-electron chi connectivity index (χ1n) is 7.32. The third-order valence-corrected chi connectivity index (χ3v) is 4.52. The van der Waals surface area contributed by atoms with Gasteiger partial charge in [-0.3, -0.25) is 0 Å². The summed E-state index contributed by atoms with van der Waals surface area (Å²) in [5.41, 5.74) is 3.33. The van der Waals surface area contributed by atoms with Crippen LogP contribution < -0.4 is 4.90 Å². The topological polar surface area (TPSA) is 29.5 Å². The van der Waals surface area contributed by atoms with Crippen LogP contribution in [0.1, 0.15) is 11.1 Å². The Bertz CT molecular complexity index is 854. The Morgan fingerprint density at radius 2 is 1.83 bits per heavy atom. The minimum Gasteiger partial charge on any atom is -0.422 e. The molecule has 3 rings (SSSR count). The molecule has 0 aliphatic carbocycles. The van der Waals surface area contributed by atoms with Crippen molar-refractivity contribution in [3.63, 3.8) is 0 Å². The summed E-state index contributed by atoms with van der Waals surface area (Å²) in [5.74, 6) is 0.180. The summed E-state index contributed by atoms with van der Waals surface area (Å²) in [4.78, 5) is 14.1. The van der Waals surface area contributed by atoms with Crippen molar-refractivity contribution in [2.75, 3.05) is 19.0 Å². The molecule has 0 saturated carbocycles. The molecule has 1 aliphatic rings. The first-order valence-corrected chi connectivity index (χ1v) is 8.49. The van der Waals surface area contributed by atoms with E-state index in [0.29, 0.717) is 16.4 Å². The van der Waals surface area contributed by atoms with Gasteiger partial charge in [-0.25, -0.2) is 4.79 Å². The number of anilines is 1. The van der Waals surface area contributed by atoms with Crippen molar-refractivity contribution < 1.29 is 9.53 Å². The minimum atomic E-state index is -0.354. The van der Waals surface area contributed by atoms with Crippen molar-refractivity contribution in [1.29, 1.82) is 0 Å². The quantitative estimate of drug-likeness (QED) is 0.523. The van der Waals surface area contributed by atoms with Crippen molar-refractivity contribution in [3.05, 3.63) is 74.7 Å². The SMILES string of the molecule is CN(C)c1ccc(C=C2C=C(c3ccc(Cl)cc3)OC2=O)cc1Br. The fourth-order valence-electron chi connectivity index (χ4n) is 2.40. The molecule has 0 spiro atoms. The molecule has 0 bridgehead atoms. The van der Waals surface area contributed by atoms with E-state index in [0.717, 1.165) is 21.3 Å². The smallest absolute Gasteiger partial charge is 0.343 e. The Balaban J connectivity index is 1.91. The zero-order chi connectivity index (χ0) is 17.3. The zero-order valence-corrected chi connectivity index (χ0v) is 15.6. The van der Waals surface area contributed by atoms with Crippen molar-refractivity contribution in [2.45, 2.75) is 0 Å². The molecule has 122 valence electrons. The van der Waals surface area contributed by atoms with Crippen LogP contribution in [0.5, 0.6) is 0 Å². The molecule has 24 heavy (non-hydrogen) atoms. The summed E-state index contributed by atoms with van der Waals surface area (Å²) in [6.07, 6.45) is 3.56. The Labute approximate surface area is 154 Å². The lowest BCUT2D eigenvalue weighted by atomic mass is 10.1. The molecule has 0 saturated heterocycles. The summed E-state index contributed by atoms with van der Waals surface area (Å²) < 4.78 is 6.32. The molecule has 0 atom stereocenters. The second kappa shape index (κ2) is 6.83. The number of carbonyl (C=O) groups is 1. The normalized spacial score (nSPS) is 15.4. The van der Waals surface area contributed by atoms with E-state index < -0.39 is 0 Å². The van der Waals surface area contributed by atoms with E-state index >= 15 is 0 Å². The van der Waals surface area contributed by atoms with Gasteiger partial charge < -0.3 is 9.64 Å². The van der Waals surface area contributed by atoms with Crippen LogP contribution in [-0.4, -0.2) is 20.1 Å². The van der Waals surface area contributed by atoms with Gasteiger partial charge in [-0.05, 0) is 70.0 Å². The predicted octanol–water partition coefficient (Wildman–Crippen LogP) is 5.15. The van der Waals surface area contributed by atoms with Crippen LogP contribution in [0, 0.1) is 0 Å². The van der Waals surface area contributed by atoms with Gasteiger partial charge in [-0.1, -0.05) is 17.7 Å². The van der Waals surface area contributed by atoms with Crippen molar-refractivity contribution in [1.82, 2.24) is 0 Å². The monoisotopic (exact) mass is 403 g/mol. The van der Waals surface area contributed by atoms with Gasteiger partial charge in [0.1, 0.15) is 5.76 Å². The summed E-state index contributed by atoms with van der Waals surface area (Å²) >= 11 is 9.44. The third-order valence-electron chi connectivity index (χ3n) is 3.63. The van der Waals surface area contributed by atoms with Gasteiger partial charge in [0.25, 0.3) is 0 Å². The molecule has 0 amide bonds. The number of nitrogens with zero attached hydrogens (tertiary/aromatic N) is 1. The van der Waals surface area contributed by atoms with Crippen LogP contribution in [0.25, 0.3) is 11.8 Å². The van der Waals surface area contributed by atoms with Gasteiger partial charge in [0, 0.05) is 29.2 Å². The van der Waals surface area contributed by atoms with E-state index in [4.69, 9.17) is 16.3 Å². The number of benzene rings is 2. The van der Waals surface area contributed by atoms with E-state index in [1.54, 1.807) is 18.2 Å². The van der Waals surface area contributed by atoms with Gasteiger partial charge in [-0.2, -0.15) is 0 Å². The molecule has 5 heteroatoms. The highest BCUT2D eigenvalue weighted by atomic mass is 79.9. The number of ether oxygens (including phenoxy) is 1. The Morgan fingerprint density at radius 1 is 1.12 bits per heavy atom. The summed E-state index contributed by atoms with van der Waals surface area (Å²) in [7, 11) is 3.96. The first kappa shape index (κ1) is 16.8. The first-order chi connectivity index (χ1) is 11.4. The van der Waals surface area contributed by atoms with Gasteiger partial charge in [0.05, 0.1) is 11.3 Å². The summed E-state index contributed by atoms with van der Waals surface area (Å²) in [6, 6.07) is 13.1. The lowest BCUT2D eigenvalue weighted by molar-refractivity contribution is -0.130. The number of hydrogen-bond acceptors (Lipinski definition) is 3. The highest BCUT2D eigenvalue weighted by molar-refractivity contribution is 9.10. The van der Waals surface area contributed by atoms with Crippen molar-refractivity contribution >= 4 is 51.0 Å². The van der Waals surface area contributed by atoms with Gasteiger partial charge in [-0.15, -0.1) is 0 Å². The largest absolute Gasteiger partial charge is 0.422 e. The molecule has 0 N–H and O–H groups in total. The van der Waals surface area contributed by atoms with Crippen LogP contribution in [0.2, 0.25) is 5.02 Å². The Morgan fingerprint density at radius 3 is 2.46 bits per heavy atom. The number of cyclic esters (lactones) is 1. The highest BCUT2D eigenvalue weighted by Crippen LogP contribution is 2.30. The molecule has 2 aromatic rings. The predicted molar refractivity (Wildman–Crippen MR) is 102 cm³/mol. The molecule has 1 heterocycles. The lowest BCUT2D eigenvalue weighted by Gasteiger charge is -2.14. The van der Waals surface area contributed by atoms with Crippen LogP contribution >= 0.6 is 27.5 Å². The molecule has 1 aliphatic heterocycles. The lowest BCUT2D eigenvalue weighted by Crippen LogP contribution is -2.09. The number of halogens is 2. The molecule has 3 nitrogen and oxygen atoms in total. The molecule has 0 fully saturated rings. The van der Waals surface area contributed by atoms with Gasteiger partial charge in [0.15, 0.2) is 0 Å². The van der Waals surface area contributed by atoms with Crippen molar-refractivity contribution in [2.24, 2.45) is 0 Å². The standard InChI is InChI=1S/C19H15BrClNO2/c1-22(2)17-8-3-12(10-16(17)20)9-14-11-18(24-19(14)23)13-4-6-15(21)7-5-13/h3-11H,1-2H3. The van der Waals surface area contributed by atoms with Crippen LogP contribution in [0.4, 0.5) is 5.69 Å². The number of esters is 1. The minimum absolute atomic E-state index is 0.354. The maximum atomic E-state index is 12.1. The molecule has 2 aromatic carbocycles. The van der Waals surface area contributed by atoms with Crippen molar-refractivity contribution in [3.8, 4) is 0 Å². The van der Waals surface area contributed by atoms with E-state index in [-0.39, 0.29) is 5.97 Å². The summed E-state index contributed by atoms with van der Waals surface area (Å²) in [5, 5.41) is 0.644. The maximum Gasteiger partial charge on any atom is 0.343 e. The molecule has 0 aromatic heterocycles.